The second kappa shape index (κ2) is 4.33. The monoisotopic (exact) mass is 200 g/mol. The Labute approximate surface area is 70.7 Å². The van der Waals surface area contributed by atoms with E-state index in [9.17, 15) is 0 Å². The molecule has 0 amide bonds. The van der Waals surface area contributed by atoms with Crippen LogP contribution in [0.5, 0.6) is 0 Å². The first kappa shape index (κ1) is 8.52. The average molecular weight is 201 g/mol. The van der Waals surface area contributed by atoms with E-state index < -0.39 is 0 Å². The first-order chi connectivity index (χ1) is 4.33. The van der Waals surface area contributed by atoms with Gasteiger partial charge >= 0.3 is 0 Å². The third kappa shape index (κ3) is 2.88. The molecule has 0 nitrogen and oxygen atoms in total. The Morgan fingerprint density at radius 1 is 1.78 bits per heavy atom. The summed E-state index contributed by atoms with van der Waals surface area (Å²) in [6.07, 6.45) is 1.45. The van der Waals surface area contributed by atoms with E-state index in [-0.39, 0.29) is 6.33 Å². The van der Waals surface area contributed by atoms with Gasteiger partial charge in [-0.2, -0.15) is 0 Å². The lowest BCUT2D eigenvalue weighted by Gasteiger charge is -2.03. The van der Waals surface area contributed by atoms with Crippen LogP contribution in [0.15, 0.2) is 0 Å². The maximum atomic E-state index is 5.62. The van der Waals surface area contributed by atoms with E-state index in [0.717, 1.165) is 11.1 Å². The second-order valence-corrected chi connectivity index (χ2v) is 9.80. The zero-order valence-corrected chi connectivity index (χ0v) is 8.62. The summed E-state index contributed by atoms with van der Waals surface area (Å²) in [5.41, 5.74) is 0. The van der Waals surface area contributed by atoms with Crippen molar-refractivity contribution in [1.82, 2.24) is 0 Å². The standard InChI is InChI=1S/C5H10ClPS2/c1-5-4-8-7(9-5)3-2-6/h5H,2-4H2,1H3. The molecule has 4 heteroatoms. The van der Waals surface area contributed by atoms with E-state index in [0.29, 0.717) is 0 Å². The van der Waals surface area contributed by atoms with Crippen LogP contribution in [0, 0.1) is 0 Å². The molecule has 0 aromatic rings. The van der Waals surface area contributed by atoms with Crippen molar-refractivity contribution in [3.63, 3.8) is 0 Å². The fourth-order valence-corrected chi connectivity index (χ4v) is 10.5. The molecule has 0 saturated carbocycles. The molecule has 2 atom stereocenters. The van der Waals surface area contributed by atoms with Crippen molar-refractivity contribution in [3.05, 3.63) is 0 Å². The van der Waals surface area contributed by atoms with Crippen LogP contribution in [0.25, 0.3) is 0 Å². The predicted octanol–water partition coefficient (Wildman–Crippen LogP) is 3.41. The van der Waals surface area contributed by atoms with Gasteiger partial charge in [-0.1, -0.05) is 6.92 Å². The maximum Gasteiger partial charge on any atom is 0.0278 e. The van der Waals surface area contributed by atoms with Crippen LogP contribution in [0.2, 0.25) is 0 Å². The molecule has 0 bridgehead atoms. The van der Waals surface area contributed by atoms with Crippen LogP contribution in [0.4, 0.5) is 0 Å². The van der Waals surface area contributed by atoms with Crippen molar-refractivity contribution >= 4 is 40.7 Å². The lowest BCUT2D eigenvalue weighted by atomic mass is 10.6. The molecule has 0 aromatic heterocycles. The van der Waals surface area contributed by atoms with Crippen molar-refractivity contribution in [1.29, 1.82) is 0 Å². The molecule has 0 spiro atoms. The Balaban J connectivity index is 2.14. The topological polar surface area (TPSA) is 0 Å². The van der Waals surface area contributed by atoms with Gasteiger partial charge in [-0.05, 0) is 6.16 Å². The Hall–Kier alpha value is 1.42. The molecule has 1 aliphatic rings. The van der Waals surface area contributed by atoms with Crippen molar-refractivity contribution in [2.24, 2.45) is 0 Å². The summed E-state index contributed by atoms with van der Waals surface area (Å²) in [6.45, 7) is 2.30. The highest BCUT2D eigenvalue weighted by Gasteiger charge is 2.21. The molecule has 0 aliphatic carbocycles. The molecule has 1 heterocycles. The van der Waals surface area contributed by atoms with Crippen molar-refractivity contribution in [2.45, 2.75) is 12.2 Å². The molecule has 0 N–H and O–H groups in total. The number of halogens is 1. The highest BCUT2D eigenvalue weighted by Crippen LogP contribution is 2.68. The minimum Gasteiger partial charge on any atom is -0.126 e. The van der Waals surface area contributed by atoms with Gasteiger partial charge in [0.05, 0.1) is 0 Å². The molecule has 2 unspecified atom stereocenters. The van der Waals surface area contributed by atoms with Gasteiger partial charge in [0.1, 0.15) is 0 Å². The summed E-state index contributed by atoms with van der Waals surface area (Å²) in [7, 11) is 0. The average Bonchev–Trinajstić information content (AvgIpc) is 2.17. The van der Waals surface area contributed by atoms with Gasteiger partial charge in [0.2, 0.25) is 0 Å². The van der Waals surface area contributed by atoms with Crippen molar-refractivity contribution in [3.8, 4) is 0 Å². The van der Waals surface area contributed by atoms with Gasteiger partial charge in [-0.15, -0.1) is 34.4 Å². The van der Waals surface area contributed by atoms with Crippen LogP contribution in [-0.2, 0) is 0 Å². The van der Waals surface area contributed by atoms with Gasteiger partial charge in [-0.3, -0.25) is 0 Å². The van der Waals surface area contributed by atoms with E-state index in [1.54, 1.807) is 0 Å². The molecule has 1 aliphatic heterocycles. The predicted molar refractivity (Wildman–Crippen MR) is 52.0 cm³/mol. The largest absolute Gasteiger partial charge is 0.126 e. The lowest BCUT2D eigenvalue weighted by molar-refractivity contribution is 1.15. The number of rotatable bonds is 2. The van der Waals surface area contributed by atoms with Crippen molar-refractivity contribution < 1.29 is 0 Å². The second-order valence-electron chi connectivity index (χ2n) is 1.96. The highest BCUT2D eigenvalue weighted by molar-refractivity contribution is 8.90. The molecule has 1 rings (SSSR count). The summed E-state index contributed by atoms with van der Waals surface area (Å²) < 4.78 is 0. The van der Waals surface area contributed by atoms with E-state index in [1.165, 1.54) is 11.9 Å². The van der Waals surface area contributed by atoms with Crippen molar-refractivity contribution in [2.75, 3.05) is 17.8 Å². The van der Waals surface area contributed by atoms with E-state index >= 15 is 0 Å². The number of hydrogen-bond acceptors (Lipinski definition) is 2. The molecular weight excluding hydrogens is 191 g/mol. The van der Waals surface area contributed by atoms with Gasteiger partial charge in [0, 0.05) is 23.2 Å². The molecule has 1 fully saturated rings. The molecule has 9 heavy (non-hydrogen) atoms. The van der Waals surface area contributed by atoms with E-state index in [4.69, 9.17) is 11.6 Å². The smallest absolute Gasteiger partial charge is 0.0278 e. The quantitative estimate of drug-likeness (QED) is 0.495. The van der Waals surface area contributed by atoms with Crippen LogP contribution >= 0.6 is 40.7 Å². The van der Waals surface area contributed by atoms with Crippen LogP contribution < -0.4 is 0 Å². The lowest BCUT2D eigenvalue weighted by Crippen LogP contribution is -1.88. The molecule has 1 saturated heterocycles. The van der Waals surface area contributed by atoms with Gasteiger partial charge < -0.3 is 0 Å². The third-order valence-corrected chi connectivity index (χ3v) is 9.88. The van der Waals surface area contributed by atoms with E-state index in [1.807, 2.05) is 0 Å². The van der Waals surface area contributed by atoms with Crippen LogP contribution in [0.3, 0.4) is 0 Å². The Morgan fingerprint density at radius 2 is 2.56 bits per heavy atom. The SMILES string of the molecule is CC1CSP(CCCl)S1. The minimum absolute atomic E-state index is 0.217. The maximum absolute atomic E-state index is 5.62. The summed E-state index contributed by atoms with van der Waals surface area (Å²) in [4.78, 5) is 0. The number of hydrogen-bond donors (Lipinski definition) is 0. The first-order valence-electron chi connectivity index (χ1n) is 2.96. The van der Waals surface area contributed by atoms with Crippen LogP contribution in [0.1, 0.15) is 6.92 Å². The summed E-state index contributed by atoms with van der Waals surface area (Å²) >= 11 is 9.87. The van der Waals surface area contributed by atoms with Gasteiger partial charge in [-0.25, -0.2) is 0 Å². The Bertz CT molecular complexity index is 89.0. The van der Waals surface area contributed by atoms with Gasteiger partial charge in [0.25, 0.3) is 0 Å². The zero-order chi connectivity index (χ0) is 6.69. The highest BCUT2D eigenvalue weighted by atomic mass is 35.5. The summed E-state index contributed by atoms with van der Waals surface area (Å²) in [5.74, 6) is 2.19. The fraction of sp³-hybridized carbons (Fsp3) is 1.00. The fourth-order valence-electron chi connectivity index (χ4n) is 0.636. The molecule has 54 valence electrons. The van der Waals surface area contributed by atoms with E-state index in [2.05, 4.69) is 29.7 Å². The summed E-state index contributed by atoms with van der Waals surface area (Å²) in [6, 6.07) is 0. The minimum atomic E-state index is 0.217. The first-order valence-corrected chi connectivity index (χ1v) is 8.10. The number of alkyl halides is 1. The molecule has 0 aromatic carbocycles. The Morgan fingerprint density at radius 3 is 3.00 bits per heavy atom. The third-order valence-electron chi connectivity index (χ3n) is 1.02. The van der Waals surface area contributed by atoms with Gasteiger partial charge in [0.15, 0.2) is 0 Å². The molecular formula is C5H10ClPS2. The summed E-state index contributed by atoms with van der Waals surface area (Å²) in [5, 5.41) is 0.879. The normalized spacial score (nSPS) is 35.3. The Kier molecular flexibility index (Phi) is 4.10. The van der Waals surface area contributed by atoms with Crippen LogP contribution in [-0.4, -0.2) is 23.0 Å². The molecule has 0 radical (unpaired) electrons. The zero-order valence-electron chi connectivity index (χ0n) is 5.34.